The summed E-state index contributed by atoms with van der Waals surface area (Å²) in [6, 6.07) is 6.19. The number of nitrogens with zero attached hydrogens (tertiary/aromatic N) is 1. The summed E-state index contributed by atoms with van der Waals surface area (Å²) in [6.45, 7) is 12.3. The minimum Gasteiger partial charge on any atom is -0.496 e. The summed E-state index contributed by atoms with van der Waals surface area (Å²) in [6.07, 6.45) is 0.963. The predicted molar refractivity (Wildman–Crippen MR) is 116 cm³/mol. The molecule has 1 rings (SSSR count). The van der Waals surface area contributed by atoms with Crippen LogP contribution in [0.15, 0.2) is 23.2 Å². The van der Waals surface area contributed by atoms with Crippen molar-refractivity contribution in [2.45, 2.75) is 40.7 Å². The number of nitrogens with one attached hydrogen (secondary N) is 2. The van der Waals surface area contributed by atoms with Crippen LogP contribution >= 0.6 is 24.0 Å². The molecule has 0 bridgehead atoms. The Hall–Kier alpha value is -1.02. The van der Waals surface area contributed by atoms with Gasteiger partial charge in [-0.05, 0) is 37.8 Å². The van der Waals surface area contributed by atoms with Crippen LogP contribution in [0.4, 0.5) is 0 Å². The van der Waals surface area contributed by atoms with E-state index in [1.54, 1.807) is 7.11 Å². The maximum Gasteiger partial charge on any atom is 0.191 e. The molecule has 0 aromatic heterocycles. The predicted octanol–water partition coefficient (Wildman–Crippen LogP) is 3.74. The van der Waals surface area contributed by atoms with Crippen LogP contribution in [0.25, 0.3) is 0 Å². The standard InChI is InChI=1S/C19H33N3O2.HI/c1-6-20-19(21-10-7-11-24-14-15(2)3)22-13-17-9-8-16(4)12-18(17)23-5;/h8-9,12,15H,6-7,10-11,13-14H2,1-5H3,(H2,20,21,22);1H. The molecule has 0 radical (unpaired) electrons. The van der Waals surface area contributed by atoms with Crippen LogP contribution in [0.2, 0.25) is 0 Å². The summed E-state index contributed by atoms with van der Waals surface area (Å²) in [7, 11) is 1.70. The average Bonchev–Trinajstić information content (AvgIpc) is 2.56. The Morgan fingerprint density at radius 2 is 2.00 bits per heavy atom. The molecule has 0 heterocycles. The molecule has 144 valence electrons. The molecule has 0 aliphatic carbocycles. The van der Waals surface area contributed by atoms with Crippen LogP contribution in [-0.2, 0) is 11.3 Å². The summed E-state index contributed by atoms with van der Waals surface area (Å²) in [5.74, 6) is 2.29. The Morgan fingerprint density at radius 1 is 1.24 bits per heavy atom. The zero-order valence-electron chi connectivity index (χ0n) is 16.2. The minimum atomic E-state index is 0. The van der Waals surface area contributed by atoms with Gasteiger partial charge in [-0.2, -0.15) is 0 Å². The van der Waals surface area contributed by atoms with Crippen LogP contribution in [0.5, 0.6) is 5.75 Å². The fraction of sp³-hybridized carbons (Fsp3) is 0.632. The molecule has 0 unspecified atom stereocenters. The summed E-state index contributed by atoms with van der Waals surface area (Å²) >= 11 is 0. The van der Waals surface area contributed by atoms with Crippen molar-refractivity contribution in [1.29, 1.82) is 0 Å². The number of rotatable bonds is 10. The fourth-order valence-corrected chi connectivity index (χ4v) is 2.19. The number of ether oxygens (including phenoxy) is 2. The van der Waals surface area contributed by atoms with E-state index in [2.05, 4.69) is 55.5 Å². The minimum absolute atomic E-state index is 0. The molecule has 0 saturated carbocycles. The van der Waals surface area contributed by atoms with E-state index in [0.717, 1.165) is 50.0 Å². The van der Waals surface area contributed by atoms with Crippen LogP contribution < -0.4 is 15.4 Å². The van der Waals surface area contributed by atoms with Gasteiger partial charge < -0.3 is 20.1 Å². The zero-order valence-corrected chi connectivity index (χ0v) is 18.6. The summed E-state index contributed by atoms with van der Waals surface area (Å²) in [5, 5.41) is 6.61. The molecule has 1 aromatic rings. The third kappa shape index (κ3) is 10.5. The summed E-state index contributed by atoms with van der Waals surface area (Å²) < 4.78 is 11.0. The molecule has 5 nitrogen and oxygen atoms in total. The van der Waals surface area contributed by atoms with Gasteiger partial charge in [0.1, 0.15) is 5.75 Å². The van der Waals surface area contributed by atoms with Crippen LogP contribution in [0.3, 0.4) is 0 Å². The number of methoxy groups -OCH3 is 1. The Kier molecular flexibility index (Phi) is 13.6. The zero-order chi connectivity index (χ0) is 17.8. The first kappa shape index (κ1) is 24.0. The van der Waals surface area contributed by atoms with Crippen molar-refractivity contribution in [3.63, 3.8) is 0 Å². The molecule has 6 heteroatoms. The highest BCUT2D eigenvalue weighted by Crippen LogP contribution is 2.20. The van der Waals surface area contributed by atoms with E-state index >= 15 is 0 Å². The number of aryl methyl sites for hydroxylation is 1. The van der Waals surface area contributed by atoms with Gasteiger partial charge >= 0.3 is 0 Å². The Morgan fingerprint density at radius 3 is 2.64 bits per heavy atom. The van der Waals surface area contributed by atoms with Crippen molar-refractivity contribution in [3.05, 3.63) is 29.3 Å². The molecule has 2 N–H and O–H groups in total. The molecular formula is C19H34IN3O2. The molecule has 25 heavy (non-hydrogen) atoms. The van der Waals surface area contributed by atoms with Crippen LogP contribution in [0.1, 0.15) is 38.3 Å². The molecule has 0 atom stereocenters. The van der Waals surface area contributed by atoms with Crippen molar-refractivity contribution in [3.8, 4) is 5.75 Å². The van der Waals surface area contributed by atoms with E-state index in [4.69, 9.17) is 9.47 Å². The molecule has 0 fully saturated rings. The van der Waals surface area contributed by atoms with Crippen LogP contribution in [0, 0.1) is 12.8 Å². The smallest absolute Gasteiger partial charge is 0.191 e. The second-order valence-corrected chi connectivity index (χ2v) is 6.26. The lowest BCUT2D eigenvalue weighted by Gasteiger charge is -2.13. The summed E-state index contributed by atoms with van der Waals surface area (Å²) in [4.78, 5) is 4.64. The Balaban J connectivity index is 0.00000576. The molecule has 0 aliphatic rings. The normalized spacial score (nSPS) is 11.2. The quantitative estimate of drug-likeness (QED) is 0.240. The molecule has 0 spiro atoms. The van der Waals surface area contributed by atoms with Gasteiger partial charge in [0.05, 0.1) is 13.7 Å². The molecule has 1 aromatic carbocycles. The highest BCUT2D eigenvalue weighted by Gasteiger charge is 2.04. The number of guanidine groups is 1. The Bertz CT molecular complexity index is 507. The number of hydrogen-bond donors (Lipinski definition) is 2. The Labute approximate surface area is 170 Å². The lowest BCUT2D eigenvalue weighted by molar-refractivity contribution is 0.108. The second-order valence-electron chi connectivity index (χ2n) is 6.26. The van der Waals surface area contributed by atoms with Gasteiger partial charge in [-0.25, -0.2) is 4.99 Å². The highest BCUT2D eigenvalue weighted by atomic mass is 127. The van der Waals surface area contributed by atoms with Gasteiger partial charge in [-0.1, -0.05) is 26.0 Å². The second kappa shape index (κ2) is 14.2. The van der Waals surface area contributed by atoms with Gasteiger partial charge in [0, 0.05) is 31.9 Å². The van der Waals surface area contributed by atoms with E-state index in [1.165, 1.54) is 5.56 Å². The van der Waals surface area contributed by atoms with Crippen LogP contribution in [-0.4, -0.2) is 39.4 Å². The molecule has 0 saturated heterocycles. The molecule has 0 amide bonds. The molecular weight excluding hydrogens is 429 g/mol. The SMILES string of the molecule is CCNC(=NCc1ccc(C)cc1OC)NCCCOCC(C)C.I. The third-order valence-electron chi connectivity index (χ3n) is 3.40. The van der Waals surface area contributed by atoms with Gasteiger partial charge in [-0.3, -0.25) is 0 Å². The van der Waals surface area contributed by atoms with Gasteiger partial charge in [0.15, 0.2) is 5.96 Å². The summed E-state index contributed by atoms with van der Waals surface area (Å²) in [5.41, 5.74) is 2.27. The molecule has 0 aliphatic heterocycles. The number of benzene rings is 1. The van der Waals surface area contributed by atoms with E-state index in [-0.39, 0.29) is 24.0 Å². The van der Waals surface area contributed by atoms with E-state index in [0.29, 0.717) is 12.5 Å². The lowest BCUT2D eigenvalue weighted by Crippen LogP contribution is -2.38. The first-order valence-corrected chi connectivity index (χ1v) is 8.80. The monoisotopic (exact) mass is 463 g/mol. The topological polar surface area (TPSA) is 54.9 Å². The number of halogens is 1. The number of hydrogen-bond acceptors (Lipinski definition) is 3. The van der Waals surface area contributed by atoms with E-state index in [9.17, 15) is 0 Å². The van der Waals surface area contributed by atoms with Crippen molar-refractivity contribution in [2.24, 2.45) is 10.9 Å². The fourth-order valence-electron chi connectivity index (χ4n) is 2.19. The highest BCUT2D eigenvalue weighted by molar-refractivity contribution is 14.0. The van der Waals surface area contributed by atoms with E-state index in [1.807, 2.05) is 6.07 Å². The van der Waals surface area contributed by atoms with Crippen molar-refractivity contribution < 1.29 is 9.47 Å². The largest absolute Gasteiger partial charge is 0.496 e. The van der Waals surface area contributed by atoms with Crippen molar-refractivity contribution in [2.75, 3.05) is 33.4 Å². The third-order valence-corrected chi connectivity index (χ3v) is 3.40. The van der Waals surface area contributed by atoms with Gasteiger partial charge in [0.2, 0.25) is 0 Å². The first-order valence-electron chi connectivity index (χ1n) is 8.80. The van der Waals surface area contributed by atoms with Gasteiger partial charge in [-0.15, -0.1) is 24.0 Å². The van der Waals surface area contributed by atoms with E-state index < -0.39 is 0 Å². The maximum absolute atomic E-state index is 5.59. The average molecular weight is 463 g/mol. The number of aliphatic imine (C=N–C) groups is 1. The van der Waals surface area contributed by atoms with Crippen molar-refractivity contribution >= 4 is 29.9 Å². The maximum atomic E-state index is 5.59. The van der Waals surface area contributed by atoms with Gasteiger partial charge in [0.25, 0.3) is 0 Å². The first-order chi connectivity index (χ1) is 11.6. The lowest BCUT2D eigenvalue weighted by atomic mass is 10.1. The van der Waals surface area contributed by atoms with Crippen molar-refractivity contribution in [1.82, 2.24) is 10.6 Å².